The van der Waals surface area contributed by atoms with Crippen LogP contribution in [0.3, 0.4) is 0 Å². The lowest BCUT2D eigenvalue weighted by molar-refractivity contribution is -0.117. The molecule has 0 aromatic carbocycles. The van der Waals surface area contributed by atoms with Gasteiger partial charge in [0.25, 0.3) is 0 Å². The second kappa shape index (κ2) is 9.72. The third-order valence-corrected chi connectivity index (χ3v) is 6.44. The van der Waals surface area contributed by atoms with Crippen LogP contribution < -0.4 is 0 Å². The van der Waals surface area contributed by atoms with E-state index >= 15 is 0 Å². The van der Waals surface area contributed by atoms with E-state index in [1.165, 1.54) is 12.8 Å². The minimum Gasteiger partial charge on any atom is -0.511 e. The first-order valence-electron chi connectivity index (χ1n) is 12.0. The van der Waals surface area contributed by atoms with Crippen molar-refractivity contribution in [2.24, 2.45) is 15.8 Å². The van der Waals surface area contributed by atoms with Gasteiger partial charge in [-0.25, -0.2) is 0 Å². The fourth-order valence-electron chi connectivity index (χ4n) is 4.86. The van der Waals surface area contributed by atoms with Crippen LogP contribution in [0.2, 0.25) is 0 Å². The highest BCUT2D eigenvalue weighted by molar-refractivity contribution is 6.24. The molecule has 2 aliphatic rings. The van der Waals surface area contributed by atoms with Crippen molar-refractivity contribution in [3.63, 3.8) is 0 Å². The minimum atomic E-state index is -0.159. The number of aromatic nitrogens is 1. The van der Waals surface area contributed by atoms with Crippen LogP contribution >= 0.6 is 0 Å². The summed E-state index contributed by atoms with van der Waals surface area (Å²) >= 11 is 0. The van der Waals surface area contributed by atoms with E-state index in [-0.39, 0.29) is 34.6 Å². The Labute approximate surface area is 191 Å². The molecule has 2 aliphatic carbocycles. The van der Waals surface area contributed by atoms with Gasteiger partial charge in [-0.15, -0.1) is 0 Å². The highest BCUT2D eigenvalue weighted by Gasteiger charge is 2.38. The van der Waals surface area contributed by atoms with Gasteiger partial charge >= 0.3 is 0 Å². The molecule has 1 saturated carbocycles. The average molecular weight is 443 g/mol. The Morgan fingerprint density at radius 1 is 1.00 bits per heavy atom. The molecule has 0 amide bonds. The van der Waals surface area contributed by atoms with E-state index < -0.39 is 0 Å². The number of Topliss-reactive ketones (excluding diaryl/α,β-unsaturated/α-hetero) is 2. The fourth-order valence-corrected chi connectivity index (χ4v) is 4.86. The normalized spacial score (nSPS) is 22.8. The first-order valence-corrected chi connectivity index (χ1v) is 12.0. The SMILES string of the molecule is CCCCCCN=C1CC(C)(C)CC(=O)C1=C(O)CCc1noc2c1C(=O)CC(C)(C)C2. The standard InChI is InChI=1S/C26H38N2O4/c1-6-7-8-9-12-27-18-13-25(2,3)14-20(30)23(18)19(29)11-10-17-24-21(31)15-26(4,5)16-22(24)32-28-17/h29H,6-16H2,1-5H3. The molecule has 32 heavy (non-hydrogen) atoms. The molecule has 1 aromatic heterocycles. The zero-order valence-electron chi connectivity index (χ0n) is 20.3. The van der Waals surface area contributed by atoms with Gasteiger partial charge < -0.3 is 9.63 Å². The smallest absolute Gasteiger partial charge is 0.168 e. The Morgan fingerprint density at radius 3 is 2.41 bits per heavy atom. The van der Waals surface area contributed by atoms with Gasteiger partial charge in [-0.3, -0.25) is 14.6 Å². The predicted octanol–water partition coefficient (Wildman–Crippen LogP) is 5.98. The zero-order chi connectivity index (χ0) is 23.5. The number of rotatable bonds is 8. The van der Waals surface area contributed by atoms with Gasteiger partial charge in [-0.2, -0.15) is 0 Å². The highest BCUT2D eigenvalue weighted by atomic mass is 16.5. The zero-order valence-corrected chi connectivity index (χ0v) is 20.3. The first-order chi connectivity index (χ1) is 15.0. The molecule has 0 aliphatic heterocycles. The molecule has 0 bridgehead atoms. The third kappa shape index (κ3) is 5.76. The van der Waals surface area contributed by atoms with Crippen molar-refractivity contribution in [1.82, 2.24) is 5.16 Å². The van der Waals surface area contributed by atoms with Crippen molar-refractivity contribution in [2.45, 2.75) is 98.8 Å². The maximum Gasteiger partial charge on any atom is 0.168 e. The van der Waals surface area contributed by atoms with E-state index in [4.69, 9.17) is 9.52 Å². The van der Waals surface area contributed by atoms with Gasteiger partial charge in [0, 0.05) is 44.4 Å². The van der Waals surface area contributed by atoms with E-state index in [2.05, 4.69) is 25.9 Å². The van der Waals surface area contributed by atoms with Crippen LogP contribution in [0.1, 0.15) is 108 Å². The molecule has 0 radical (unpaired) electrons. The number of aliphatic hydroxyl groups is 1. The molecule has 6 heteroatoms. The summed E-state index contributed by atoms with van der Waals surface area (Å²) in [5, 5.41) is 15.0. The second-order valence-corrected chi connectivity index (χ2v) is 11.0. The molecule has 1 N–H and O–H groups in total. The summed E-state index contributed by atoms with van der Waals surface area (Å²) in [6, 6.07) is 0. The molecular weight excluding hydrogens is 404 g/mol. The van der Waals surface area contributed by atoms with Crippen molar-refractivity contribution < 1.29 is 19.2 Å². The van der Waals surface area contributed by atoms with Crippen molar-refractivity contribution in [3.8, 4) is 0 Å². The summed E-state index contributed by atoms with van der Waals surface area (Å²) in [5.74, 6) is 0.687. The quantitative estimate of drug-likeness (QED) is 0.303. The molecule has 0 saturated heterocycles. The van der Waals surface area contributed by atoms with Crippen molar-refractivity contribution in [1.29, 1.82) is 0 Å². The van der Waals surface area contributed by atoms with E-state index in [1.54, 1.807) is 0 Å². The Balaban J connectivity index is 1.78. The molecule has 0 spiro atoms. The number of aliphatic imine (C=N–C) groups is 1. The molecule has 1 aromatic rings. The fraction of sp³-hybridized carbons (Fsp3) is 0.692. The summed E-state index contributed by atoms with van der Waals surface area (Å²) in [4.78, 5) is 30.3. The molecule has 176 valence electrons. The van der Waals surface area contributed by atoms with Gasteiger partial charge in [0.05, 0.1) is 16.8 Å². The monoisotopic (exact) mass is 442 g/mol. The second-order valence-electron chi connectivity index (χ2n) is 11.0. The predicted molar refractivity (Wildman–Crippen MR) is 125 cm³/mol. The molecular formula is C26H38N2O4. The Morgan fingerprint density at radius 2 is 1.69 bits per heavy atom. The number of ketones is 2. The minimum absolute atomic E-state index is 0.0458. The lowest BCUT2D eigenvalue weighted by Crippen LogP contribution is -2.33. The summed E-state index contributed by atoms with van der Waals surface area (Å²) in [6.45, 7) is 11.1. The third-order valence-electron chi connectivity index (χ3n) is 6.44. The van der Waals surface area contributed by atoms with E-state index in [0.717, 1.165) is 18.6 Å². The number of aryl methyl sites for hydroxylation is 1. The number of hydrogen-bond acceptors (Lipinski definition) is 6. The van der Waals surface area contributed by atoms with Crippen molar-refractivity contribution >= 4 is 17.3 Å². The summed E-state index contributed by atoms with van der Waals surface area (Å²) in [6.07, 6.45) is 7.28. The van der Waals surface area contributed by atoms with Crippen LogP contribution in [0.4, 0.5) is 0 Å². The van der Waals surface area contributed by atoms with Gasteiger partial charge in [0.2, 0.25) is 0 Å². The average Bonchev–Trinajstić information content (AvgIpc) is 3.06. The number of allylic oxidation sites excluding steroid dienone is 2. The number of aliphatic hydroxyl groups excluding tert-OH is 1. The number of carbonyl (C=O) groups is 2. The van der Waals surface area contributed by atoms with Crippen LogP contribution in [-0.2, 0) is 17.6 Å². The Hall–Kier alpha value is -2.24. The summed E-state index contributed by atoms with van der Waals surface area (Å²) in [5.41, 5.74) is 1.96. The summed E-state index contributed by atoms with van der Waals surface area (Å²) in [7, 11) is 0. The van der Waals surface area contributed by atoms with E-state index in [9.17, 15) is 14.7 Å². The van der Waals surface area contributed by atoms with Crippen molar-refractivity contribution in [2.75, 3.05) is 6.54 Å². The molecule has 0 unspecified atom stereocenters. The van der Waals surface area contributed by atoms with Crippen LogP contribution in [-0.4, -0.2) is 34.1 Å². The van der Waals surface area contributed by atoms with Crippen LogP contribution in [0, 0.1) is 10.8 Å². The molecule has 1 heterocycles. The van der Waals surface area contributed by atoms with Crippen LogP contribution in [0.15, 0.2) is 20.8 Å². The number of nitrogens with zero attached hydrogens (tertiary/aromatic N) is 2. The molecule has 0 atom stereocenters. The van der Waals surface area contributed by atoms with Crippen LogP contribution in [0.25, 0.3) is 0 Å². The number of hydrogen-bond donors (Lipinski definition) is 1. The lowest BCUT2D eigenvalue weighted by Gasteiger charge is -2.31. The van der Waals surface area contributed by atoms with E-state index in [1.807, 2.05) is 13.8 Å². The summed E-state index contributed by atoms with van der Waals surface area (Å²) < 4.78 is 5.47. The maximum atomic E-state index is 12.9. The number of carbonyl (C=O) groups excluding carboxylic acids is 2. The highest BCUT2D eigenvalue weighted by Crippen LogP contribution is 2.38. The first kappa shape index (κ1) is 24.4. The molecule has 1 fully saturated rings. The topological polar surface area (TPSA) is 92.8 Å². The van der Waals surface area contributed by atoms with Crippen LogP contribution in [0.5, 0.6) is 0 Å². The largest absolute Gasteiger partial charge is 0.511 e. The van der Waals surface area contributed by atoms with Gasteiger partial charge in [0.15, 0.2) is 11.6 Å². The molecule has 3 rings (SSSR count). The van der Waals surface area contributed by atoms with Gasteiger partial charge in [-0.1, -0.05) is 59.0 Å². The Bertz CT molecular complexity index is 934. The maximum absolute atomic E-state index is 12.9. The Kier molecular flexibility index (Phi) is 7.41. The van der Waals surface area contributed by atoms with Gasteiger partial charge in [-0.05, 0) is 23.7 Å². The lowest BCUT2D eigenvalue weighted by atomic mass is 9.73. The van der Waals surface area contributed by atoms with Crippen molar-refractivity contribution in [3.05, 3.63) is 28.3 Å². The van der Waals surface area contributed by atoms with E-state index in [0.29, 0.717) is 61.2 Å². The number of unbranched alkanes of at least 4 members (excludes halogenated alkanes) is 3. The number of fused-ring (bicyclic) bond motifs is 1. The molecule has 6 nitrogen and oxygen atoms in total. The van der Waals surface area contributed by atoms with Gasteiger partial charge in [0.1, 0.15) is 11.5 Å².